The van der Waals surface area contributed by atoms with Crippen molar-refractivity contribution in [2.45, 2.75) is 53.5 Å². The second-order valence-electron chi connectivity index (χ2n) is 7.48. The van der Waals surface area contributed by atoms with Crippen LogP contribution in [0.3, 0.4) is 0 Å². The van der Waals surface area contributed by atoms with Gasteiger partial charge in [0.1, 0.15) is 0 Å². The smallest absolute Gasteiger partial charge is 0.253 e. The highest BCUT2D eigenvalue weighted by molar-refractivity contribution is 6.03. The molecule has 0 saturated heterocycles. The van der Waals surface area contributed by atoms with Gasteiger partial charge >= 0.3 is 0 Å². The maximum absolute atomic E-state index is 12.5. The summed E-state index contributed by atoms with van der Waals surface area (Å²) in [4.78, 5) is 24.9. The number of hydrogen-bond acceptors (Lipinski definition) is 4. The molecule has 0 fully saturated rings. The van der Waals surface area contributed by atoms with Crippen molar-refractivity contribution >= 4 is 17.5 Å². The van der Waals surface area contributed by atoms with Crippen LogP contribution in [0.4, 0.5) is 5.69 Å². The van der Waals surface area contributed by atoms with Crippen LogP contribution in [0.2, 0.25) is 0 Å². The molecular formula is C22H29N5O2. The second kappa shape index (κ2) is 10.4. The van der Waals surface area contributed by atoms with Crippen LogP contribution in [0.15, 0.2) is 24.3 Å². The molecule has 29 heavy (non-hydrogen) atoms. The summed E-state index contributed by atoms with van der Waals surface area (Å²) in [5.74, 6) is -0.000925. The van der Waals surface area contributed by atoms with Gasteiger partial charge in [-0.1, -0.05) is 26.0 Å². The van der Waals surface area contributed by atoms with Crippen molar-refractivity contribution in [1.82, 2.24) is 15.1 Å². The van der Waals surface area contributed by atoms with E-state index in [0.717, 1.165) is 17.0 Å². The molecule has 2 amide bonds. The Hall–Kier alpha value is -3.14. The lowest BCUT2D eigenvalue weighted by Crippen LogP contribution is -2.28. The summed E-state index contributed by atoms with van der Waals surface area (Å²) >= 11 is 0. The lowest BCUT2D eigenvalue weighted by atomic mass is 10.1. The van der Waals surface area contributed by atoms with E-state index in [1.165, 1.54) is 0 Å². The predicted octanol–water partition coefficient (Wildman–Crippen LogP) is 3.37. The fourth-order valence-corrected chi connectivity index (χ4v) is 3.10. The van der Waals surface area contributed by atoms with Crippen LogP contribution in [0.1, 0.15) is 54.0 Å². The zero-order chi connectivity index (χ0) is 21.4. The monoisotopic (exact) mass is 395 g/mol. The van der Waals surface area contributed by atoms with Crippen molar-refractivity contribution in [3.05, 3.63) is 46.8 Å². The molecule has 1 heterocycles. The van der Waals surface area contributed by atoms with E-state index in [1.54, 1.807) is 24.3 Å². The third-order valence-electron chi connectivity index (χ3n) is 4.69. The molecule has 0 saturated carbocycles. The average Bonchev–Trinajstić information content (AvgIpc) is 2.96. The van der Waals surface area contributed by atoms with Gasteiger partial charge < -0.3 is 10.6 Å². The Balaban J connectivity index is 2.01. The Kier molecular flexibility index (Phi) is 7.96. The summed E-state index contributed by atoms with van der Waals surface area (Å²) in [5.41, 5.74) is 3.86. The Labute approximate surface area is 172 Å². The van der Waals surface area contributed by atoms with E-state index in [2.05, 4.69) is 21.8 Å². The summed E-state index contributed by atoms with van der Waals surface area (Å²) in [7, 11) is 0. The van der Waals surface area contributed by atoms with Gasteiger partial charge in [0, 0.05) is 18.7 Å². The fourth-order valence-electron chi connectivity index (χ4n) is 3.10. The summed E-state index contributed by atoms with van der Waals surface area (Å²) in [5, 5.41) is 19.0. The normalized spacial score (nSPS) is 10.6. The molecule has 2 aromatic rings. The molecule has 154 valence electrons. The molecule has 2 N–H and O–H groups in total. The summed E-state index contributed by atoms with van der Waals surface area (Å²) in [6.45, 7) is 9.06. The predicted molar refractivity (Wildman–Crippen MR) is 112 cm³/mol. The van der Waals surface area contributed by atoms with E-state index >= 15 is 0 Å². The van der Waals surface area contributed by atoms with Crippen molar-refractivity contribution < 1.29 is 9.59 Å². The number of amides is 2. The van der Waals surface area contributed by atoms with E-state index in [-0.39, 0.29) is 18.2 Å². The number of rotatable bonds is 9. The first-order chi connectivity index (χ1) is 13.8. The first-order valence-electron chi connectivity index (χ1n) is 9.90. The molecule has 7 heteroatoms. The van der Waals surface area contributed by atoms with Gasteiger partial charge in [-0.2, -0.15) is 10.4 Å². The molecule has 0 aliphatic heterocycles. The summed E-state index contributed by atoms with van der Waals surface area (Å²) < 4.78 is 1.82. The number of anilines is 1. The van der Waals surface area contributed by atoms with Crippen LogP contribution in [0.5, 0.6) is 0 Å². The van der Waals surface area contributed by atoms with Gasteiger partial charge in [-0.25, -0.2) is 0 Å². The van der Waals surface area contributed by atoms with Crippen LogP contribution in [0.25, 0.3) is 0 Å². The van der Waals surface area contributed by atoms with Gasteiger partial charge in [0.25, 0.3) is 5.91 Å². The minimum Gasteiger partial charge on any atom is -0.352 e. The zero-order valence-electron chi connectivity index (χ0n) is 17.6. The molecule has 1 aromatic heterocycles. The minimum atomic E-state index is -0.194. The third kappa shape index (κ3) is 6.18. The van der Waals surface area contributed by atoms with Gasteiger partial charge in [-0.15, -0.1) is 0 Å². The molecule has 0 spiro atoms. The van der Waals surface area contributed by atoms with Gasteiger partial charge in [0.2, 0.25) is 5.91 Å². The third-order valence-corrected chi connectivity index (χ3v) is 4.69. The van der Waals surface area contributed by atoms with Crippen molar-refractivity contribution in [1.29, 1.82) is 5.26 Å². The van der Waals surface area contributed by atoms with Gasteiger partial charge in [-0.05, 0) is 43.9 Å². The molecule has 0 bridgehead atoms. The molecule has 0 unspecified atom stereocenters. The molecule has 1 aromatic carbocycles. The number of benzene rings is 1. The number of nitriles is 1. The molecule has 7 nitrogen and oxygen atoms in total. The molecule has 2 rings (SSSR count). The van der Waals surface area contributed by atoms with E-state index in [1.807, 2.05) is 32.4 Å². The first kappa shape index (κ1) is 22.2. The Morgan fingerprint density at radius 2 is 1.97 bits per heavy atom. The number of para-hydroxylation sites is 1. The number of carbonyl (C=O) groups is 2. The standard InChI is InChI=1S/C22H29N5O2/c1-15(2)14-24-22(29)19-8-5-6-9-20(19)25-21(28)11-10-18-16(3)26-27(17(18)4)13-7-12-23/h5-6,8-9,15H,7,10-11,13-14H2,1-4H3,(H,24,29)(H,25,28). The lowest BCUT2D eigenvalue weighted by molar-refractivity contribution is -0.116. The Morgan fingerprint density at radius 1 is 1.24 bits per heavy atom. The highest BCUT2D eigenvalue weighted by atomic mass is 16.2. The summed E-state index contributed by atoms with van der Waals surface area (Å²) in [6.07, 6.45) is 1.24. The van der Waals surface area contributed by atoms with Crippen LogP contribution in [-0.2, 0) is 17.8 Å². The zero-order valence-corrected chi connectivity index (χ0v) is 17.6. The van der Waals surface area contributed by atoms with E-state index in [4.69, 9.17) is 5.26 Å². The van der Waals surface area contributed by atoms with Crippen LogP contribution < -0.4 is 10.6 Å². The quantitative estimate of drug-likeness (QED) is 0.680. The fraction of sp³-hybridized carbons (Fsp3) is 0.455. The molecule has 0 atom stereocenters. The molecule has 0 radical (unpaired) electrons. The van der Waals surface area contributed by atoms with Crippen LogP contribution >= 0.6 is 0 Å². The molecular weight excluding hydrogens is 366 g/mol. The first-order valence-corrected chi connectivity index (χ1v) is 9.90. The van der Waals surface area contributed by atoms with Crippen molar-refractivity contribution in [2.75, 3.05) is 11.9 Å². The number of nitrogens with one attached hydrogen (secondary N) is 2. The topological polar surface area (TPSA) is 99.8 Å². The number of carbonyl (C=O) groups excluding carboxylic acids is 2. The van der Waals surface area contributed by atoms with Gasteiger partial charge in [0.15, 0.2) is 0 Å². The van der Waals surface area contributed by atoms with Crippen molar-refractivity contribution in [3.8, 4) is 6.07 Å². The molecule has 0 aliphatic carbocycles. The maximum atomic E-state index is 12.5. The van der Waals surface area contributed by atoms with E-state index in [9.17, 15) is 9.59 Å². The molecule has 0 aliphatic rings. The van der Waals surface area contributed by atoms with Crippen molar-refractivity contribution in [2.24, 2.45) is 5.92 Å². The highest BCUT2D eigenvalue weighted by Crippen LogP contribution is 2.18. The van der Waals surface area contributed by atoms with Gasteiger partial charge in [0.05, 0.1) is 36.0 Å². The van der Waals surface area contributed by atoms with Crippen LogP contribution in [-0.4, -0.2) is 28.1 Å². The lowest BCUT2D eigenvalue weighted by Gasteiger charge is -2.12. The highest BCUT2D eigenvalue weighted by Gasteiger charge is 2.16. The number of aryl methyl sites for hydroxylation is 2. The second-order valence-corrected chi connectivity index (χ2v) is 7.48. The Morgan fingerprint density at radius 3 is 2.66 bits per heavy atom. The summed E-state index contributed by atoms with van der Waals surface area (Å²) in [6, 6.07) is 9.14. The SMILES string of the molecule is Cc1nn(CCC#N)c(C)c1CCC(=O)Nc1ccccc1C(=O)NCC(C)C. The van der Waals surface area contributed by atoms with Gasteiger partial charge in [-0.3, -0.25) is 14.3 Å². The van der Waals surface area contributed by atoms with Crippen LogP contribution in [0, 0.1) is 31.1 Å². The van der Waals surface area contributed by atoms with E-state index in [0.29, 0.717) is 43.1 Å². The number of hydrogen-bond donors (Lipinski definition) is 2. The average molecular weight is 396 g/mol. The van der Waals surface area contributed by atoms with Crippen molar-refractivity contribution in [3.63, 3.8) is 0 Å². The maximum Gasteiger partial charge on any atom is 0.253 e. The number of aromatic nitrogens is 2. The number of nitrogens with zero attached hydrogens (tertiary/aromatic N) is 3. The largest absolute Gasteiger partial charge is 0.352 e. The minimum absolute atomic E-state index is 0.155. The van der Waals surface area contributed by atoms with E-state index < -0.39 is 0 Å². The Bertz CT molecular complexity index is 908.